The van der Waals surface area contributed by atoms with Gasteiger partial charge < -0.3 is 14.5 Å². The molecule has 1 heterocycles. The molecule has 1 aliphatic heterocycles. The maximum atomic E-state index is 12.3. The second-order valence-corrected chi connectivity index (χ2v) is 6.61. The highest BCUT2D eigenvalue weighted by Gasteiger charge is 2.19. The third kappa shape index (κ3) is 5.56. The molecule has 0 spiro atoms. The SMILES string of the molecule is CC(=O)N1CCCN(C(=O)CCCOc2ccc(Cl)cc2Cl)CC1. The minimum atomic E-state index is 0.0672. The monoisotopic (exact) mass is 372 g/mol. The number of ether oxygens (including phenoxy) is 1. The van der Waals surface area contributed by atoms with Crippen LogP contribution in [0.15, 0.2) is 18.2 Å². The van der Waals surface area contributed by atoms with Crippen molar-refractivity contribution in [3.63, 3.8) is 0 Å². The molecule has 0 unspecified atom stereocenters. The van der Waals surface area contributed by atoms with Crippen LogP contribution in [0.1, 0.15) is 26.2 Å². The molecule has 2 rings (SSSR count). The number of hydrogen-bond donors (Lipinski definition) is 0. The third-order valence-electron chi connectivity index (χ3n) is 3.98. The minimum absolute atomic E-state index is 0.0672. The molecule has 0 bridgehead atoms. The van der Waals surface area contributed by atoms with E-state index in [9.17, 15) is 9.59 Å². The van der Waals surface area contributed by atoms with Gasteiger partial charge in [-0.05, 0) is 31.0 Å². The summed E-state index contributed by atoms with van der Waals surface area (Å²) in [5, 5.41) is 1.02. The normalized spacial score (nSPS) is 15.1. The van der Waals surface area contributed by atoms with Crippen LogP contribution in [0.2, 0.25) is 10.0 Å². The maximum absolute atomic E-state index is 12.3. The van der Waals surface area contributed by atoms with Crippen molar-refractivity contribution in [3.05, 3.63) is 28.2 Å². The molecule has 1 aromatic carbocycles. The van der Waals surface area contributed by atoms with Gasteiger partial charge in [0.2, 0.25) is 11.8 Å². The number of carbonyl (C=O) groups is 2. The number of nitrogens with zero attached hydrogens (tertiary/aromatic N) is 2. The van der Waals surface area contributed by atoms with Crippen molar-refractivity contribution >= 4 is 35.0 Å². The van der Waals surface area contributed by atoms with Gasteiger partial charge in [0.1, 0.15) is 5.75 Å². The topological polar surface area (TPSA) is 49.9 Å². The lowest BCUT2D eigenvalue weighted by atomic mass is 10.2. The Morgan fingerprint density at radius 3 is 2.54 bits per heavy atom. The lowest BCUT2D eigenvalue weighted by Gasteiger charge is -2.21. The van der Waals surface area contributed by atoms with Crippen LogP contribution in [0.3, 0.4) is 0 Å². The summed E-state index contributed by atoms with van der Waals surface area (Å²) in [4.78, 5) is 27.3. The van der Waals surface area contributed by atoms with Crippen molar-refractivity contribution in [3.8, 4) is 5.75 Å². The molecule has 132 valence electrons. The first-order chi connectivity index (χ1) is 11.5. The Hall–Kier alpha value is -1.46. The molecule has 1 aromatic rings. The van der Waals surface area contributed by atoms with E-state index in [-0.39, 0.29) is 11.8 Å². The maximum Gasteiger partial charge on any atom is 0.222 e. The van der Waals surface area contributed by atoms with Gasteiger partial charge in [-0.2, -0.15) is 0 Å². The molecular formula is C17H22Cl2N2O3. The van der Waals surface area contributed by atoms with E-state index in [2.05, 4.69) is 0 Å². The molecule has 0 saturated carbocycles. The molecule has 7 heteroatoms. The van der Waals surface area contributed by atoms with E-state index in [1.807, 2.05) is 4.90 Å². The zero-order valence-corrected chi connectivity index (χ0v) is 15.3. The number of rotatable bonds is 5. The van der Waals surface area contributed by atoms with Crippen molar-refractivity contribution in [1.82, 2.24) is 9.80 Å². The fourth-order valence-electron chi connectivity index (χ4n) is 2.64. The summed E-state index contributed by atoms with van der Waals surface area (Å²) in [6.45, 7) is 4.61. The van der Waals surface area contributed by atoms with Crippen molar-refractivity contribution in [1.29, 1.82) is 0 Å². The van der Waals surface area contributed by atoms with Crippen LogP contribution in [0.5, 0.6) is 5.75 Å². The number of carbonyl (C=O) groups excluding carboxylic acids is 2. The van der Waals surface area contributed by atoms with Crippen LogP contribution in [-0.4, -0.2) is 54.4 Å². The van der Waals surface area contributed by atoms with E-state index in [1.54, 1.807) is 30.0 Å². The molecule has 0 aliphatic carbocycles. The van der Waals surface area contributed by atoms with Crippen molar-refractivity contribution in [2.75, 3.05) is 32.8 Å². The van der Waals surface area contributed by atoms with Crippen molar-refractivity contribution in [2.45, 2.75) is 26.2 Å². The van der Waals surface area contributed by atoms with Gasteiger partial charge in [-0.3, -0.25) is 9.59 Å². The summed E-state index contributed by atoms with van der Waals surface area (Å²) in [7, 11) is 0. The van der Waals surface area contributed by atoms with E-state index in [0.717, 1.165) is 13.0 Å². The van der Waals surface area contributed by atoms with E-state index >= 15 is 0 Å². The fraction of sp³-hybridized carbons (Fsp3) is 0.529. The Morgan fingerprint density at radius 2 is 1.83 bits per heavy atom. The summed E-state index contributed by atoms with van der Waals surface area (Å²) in [6.07, 6.45) is 1.86. The first kappa shape index (κ1) is 18.9. The molecule has 0 radical (unpaired) electrons. The zero-order valence-electron chi connectivity index (χ0n) is 13.8. The molecule has 1 fully saturated rings. The zero-order chi connectivity index (χ0) is 17.5. The third-order valence-corrected chi connectivity index (χ3v) is 4.51. The highest BCUT2D eigenvalue weighted by Crippen LogP contribution is 2.27. The first-order valence-electron chi connectivity index (χ1n) is 8.08. The molecule has 0 atom stereocenters. The Bertz CT molecular complexity index is 595. The molecule has 0 aromatic heterocycles. The van der Waals surface area contributed by atoms with Gasteiger partial charge in [0, 0.05) is 44.5 Å². The highest BCUT2D eigenvalue weighted by molar-refractivity contribution is 6.35. The second-order valence-electron chi connectivity index (χ2n) is 5.77. The second kappa shape index (κ2) is 9.14. The highest BCUT2D eigenvalue weighted by atomic mass is 35.5. The summed E-state index contributed by atoms with van der Waals surface area (Å²) in [5.74, 6) is 0.740. The molecule has 24 heavy (non-hydrogen) atoms. The summed E-state index contributed by atoms with van der Waals surface area (Å²) in [6, 6.07) is 5.06. The van der Waals surface area contributed by atoms with E-state index < -0.39 is 0 Å². The molecule has 1 aliphatic rings. The summed E-state index contributed by atoms with van der Waals surface area (Å²) in [5.41, 5.74) is 0. The van der Waals surface area contributed by atoms with Gasteiger partial charge in [-0.1, -0.05) is 23.2 Å². The van der Waals surface area contributed by atoms with Gasteiger partial charge in [0.15, 0.2) is 0 Å². The lowest BCUT2D eigenvalue weighted by Crippen LogP contribution is -2.36. The van der Waals surface area contributed by atoms with Gasteiger partial charge in [-0.15, -0.1) is 0 Å². The lowest BCUT2D eigenvalue weighted by molar-refractivity contribution is -0.132. The number of benzene rings is 1. The minimum Gasteiger partial charge on any atom is -0.492 e. The fourth-order valence-corrected chi connectivity index (χ4v) is 3.10. The Morgan fingerprint density at radius 1 is 1.12 bits per heavy atom. The smallest absolute Gasteiger partial charge is 0.222 e. The average Bonchev–Trinajstić information content (AvgIpc) is 2.79. The van der Waals surface area contributed by atoms with Crippen LogP contribution >= 0.6 is 23.2 Å². The number of hydrogen-bond acceptors (Lipinski definition) is 3. The van der Waals surface area contributed by atoms with Crippen LogP contribution in [0, 0.1) is 0 Å². The molecule has 0 N–H and O–H groups in total. The predicted molar refractivity (Wildman–Crippen MR) is 94.6 cm³/mol. The van der Waals surface area contributed by atoms with Crippen LogP contribution < -0.4 is 4.74 Å². The standard InChI is InChI=1S/C17H22Cl2N2O3/c1-13(22)20-7-3-8-21(10-9-20)17(23)4-2-11-24-16-6-5-14(18)12-15(16)19/h5-6,12H,2-4,7-11H2,1H3. The summed E-state index contributed by atoms with van der Waals surface area (Å²) < 4.78 is 5.59. The predicted octanol–water partition coefficient (Wildman–Crippen LogP) is 3.23. The Labute approximate surface area is 152 Å². The van der Waals surface area contributed by atoms with Crippen LogP contribution in [-0.2, 0) is 9.59 Å². The molecule has 1 saturated heterocycles. The molecular weight excluding hydrogens is 351 g/mol. The van der Waals surface area contributed by atoms with Gasteiger partial charge in [0.05, 0.1) is 11.6 Å². The van der Waals surface area contributed by atoms with Gasteiger partial charge >= 0.3 is 0 Å². The van der Waals surface area contributed by atoms with E-state index in [0.29, 0.717) is 54.9 Å². The number of halogens is 2. The van der Waals surface area contributed by atoms with Crippen molar-refractivity contribution in [2.24, 2.45) is 0 Å². The quantitative estimate of drug-likeness (QED) is 0.745. The largest absolute Gasteiger partial charge is 0.492 e. The van der Waals surface area contributed by atoms with E-state index in [4.69, 9.17) is 27.9 Å². The van der Waals surface area contributed by atoms with Crippen molar-refractivity contribution < 1.29 is 14.3 Å². The molecule has 2 amide bonds. The molecule has 5 nitrogen and oxygen atoms in total. The average molecular weight is 373 g/mol. The summed E-state index contributed by atoms with van der Waals surface area (Å²) >= 11 is 11.9. The van der Waals surface area contributed by atoms with Crippen LogP contribution in [0.4, 0.5) is 0 Å². The van der Waals surface area contributed by atoms with Gasteiger partial charge in [-0.25, -0.2) is 0 Å². The number of amides is 2. The van der Waals surface area contributed by atoms with Gasteiger partial charge in [0.25, 0.3) is 0 Å². The first-order valence-corrected chi connectivity index (χ1v) is 8.84. The Balaban J connectivity index is 1.72. The van der Waals surface area contributed by atoms with E-state index in [1.165, 1.54) is 0 Å². The van der Waals surface area contributed by atoms with Crippen LogP contribution in [0.25, 0.3) is 0 Å². The Kier molecular flexibility index (Phi) is 7.18.